The van der Waals surface area contributed by atoms with Gasteiger partial charge in [-0.3, -0.25) is 0 Å². The molecular formula is C13H12ClN5O. The fourth-order valence-corrected chi connectivity index (χ4v) is 2.02. The Morgan fingerprint density at radius 3 is 2.95 bits per heavy atom. The topological polar surface area (TPSA) is 68.8 Å². The van der Waals surface area contributed by atoms with Crippen LogP contribution < -0.4 is 5.32 Å². The summed E-state index contributed by atoms with van der Waals surface area (Å²) < 4.78 is 6.95. The molecule has 3 rings (SSSR count). The Hall–Kier alpha value is -2.34. The average Bonchev–Trinajstić information content (AvgIpc) is 3.10. The summed E-state index contributed by atoms with van der Waals surface area (Å²) in [6.45, 7) is 2.57. The number of hydrogen-bond acceptors (Lipinski definition) is 5. The molecular weight excluding hydrogens is 278 g/mol. The molecule has 0 atom stereocenters. The highest BCUT2D eigenvalue weighted by atomic mass is 35.5. The minimum Gasteiger partial charge on any atom is -0.467 e. The molecule has 0 aliphatic rings. The monoisotopic (exact) mass is 289 g/mol. The minimum atomic E-state index is 0.567. The molecule has 1 N–H and O–H groups in total. The lowest BCUT2D eigenvalue weighted by molar-refractivity contribution is 0.515. The van der Waals surface area contributed by atoms with Crippen LogP contribution in [0.4, 0.5) is 5.69 Å². The number of tetrazole rings is 1. The van der Waals surface area contributed by atoms with Crippen molar-refractivity contribution < 1.29 is 4.42 Å². The van der Waals surface area contributed by atoms with Gasteiger partial charge in [-0.1, -0.05) is 11.6 Å². The van der Waals surface area contributed by atoms with Crippen molar-refractivity contribution in [2.24, 2.45) is 0 Å². The van der Waals surface area contributed by atoms with E-state index in [1.54, 1.807) is 17.0 Å². The molecule has 2 aromatic heterocycles. The summed E-state index contributed by atoms with van der Waals surface area (Å²) in [5.41, 5.74) is 2.73. The molecule has 2 heterocycles. The zero-order valence-corrected chi connectivity index (χ0v) is 11.5. The second-order valence-electron chi connectivity index (χ2n) is 4.30. The highest BCUT2D eigenvalue weighted by molar-refractivity contribution is 6.33. The smallest absolute Gasteiger partial charge is 0.143 e. The van der Waals surface area contributed by atoms with Gasteiger partial charge in [0.1, 0.15) is 12.1 Å². The number of nitrogens with zero attached hydrogens (tertiary/aromatic N) is 4. The second-order valence-corrected chi connectivity index (χ2v) is 4.71. The van der Waals surface area contributed by atoms with Crippen LogP contribution in [0.2, 0.25) is 5.02 Å². The number of rotatable bonds is 4. The number of anilines is 1. The van der Waals surface area contributed by atoms with Crippen molar-refractivity contribution in [1.29, 1.82) is 0 Å². The standard InChI is InChI=1S/C13H12ClN5O/c1-9-4-5-20-13(9)7-15-12-6-10(2-3-11(12)14)19-8-16-17-18-19/h2-6,8,15H,7H2,1H3. The van der Waals surface area contributed by atoms with Crippen LogP contribution in [-0.4, -0.2) is 20.2 Å². The molecule has 6 nitrogen and oxygen atoms in total. The first-order chi connectivity index (χ1) is 9.74. The van der Waals surface area contributed by atoms with Gasteiger partial charge in [-0.05, 0) is 47.2 Å². The van der Waals surface area contributed by atoms with Gasteiger partial charge in [0, 0.05) is 0 Å². The third-order valence-electron chi connectivity index (χ3n) is 2.97. The first-order valence-electron chi connectivity index (χ1n) is 6.04. The summed E-state index contributed by atoms with van der Waals surface area (Å²) in [7, 11) is 0. The molecule has 3 aromatic rings. The first kappa shape index (κ1) is 12.7. The van der Waals surface area contributed by atoms with Crippen LogP contribution in [0.3, 0.4) is 0 Å². The first-order valence-corrected chi connectivity index (χ1v) is 6.41. The molecule has 0 aliphatic carbocycles. The minimum absolute atomic E-state index is 0.567. The Morgan fingerprint density at radius 1 is 1.35 bits per heavy atom. The third-order valence-corrected chi connectivity index (χ3v) is 3.30. The summed E-state index contributed by atoms with van der Waals surface area (Å²) in [5, 5.41) is 15.0. The Morgan fingerprint density at radius 2 is 2.25 bits per heavy atom. The van der Waals surface area contributed by atoms with Crippen molar-refractivity contribution in [1.82, 2.24) is 20.2 Å². The van der Waals surface area contributed by atoms with Gasteiger partial charge in [-0.25, -0.2) is 4.68 Å². The third kappa shape index (κ3) is 2.50. The molecule has 0 saturated carbocycles. The van der Waals surface area contributed by atoms with Crippen LogP contribution in [0.15, 0.2) is 41.3 Å². The number of furan rings is 1. The number of aromatic nitrogens is 4. The van der Waals surface area contributed by atoms with Gasteiger partial charge in [0.2, 0.25) is 0 Å². The van der Waals surface area contributed by atoms with E-state index in [2.05, 4.69) is 20.8 Å². The van der Waals surface area contributed by atoms with Gasteiger partial charge < -0.3 is 9.73 Å². The number of nitrogens with one attached hydrogen (secondary N) is 1. The molecule has 7 heteroatoms. The number of aryl methyl sites for hydroxylation is 1. The van der Waals surface area contributed by atoms with Gasteiger partial charge in [0.15, 0.2) is 0 Å². The van der Waals surface area contributed by atoms with Crippen LogP contribution in [0, 0.1) is 6.92 Å². The highest BCUT2D eigenvalue weighted by Gasteiger charge is 2.06. The fraction of sp³-hybridized carbons (Fsp3) is 0.154. The van der Waals surface area contributed by atoms with Crippen molar-refractivity contribution in [3.63, 3.8) is 0 Å². The largest absolute Gasteiger partial charge is 0.467 e. The summed E-state index contributed by atoms with van der Waals surface area (Å²) >= 11 is 6.18. The van der Waals surface area contributed by atoms with E-state index in [0.29, 0.717) is 11.6 Å². The van der Waals surface area contributed by atoms with E-state index < -0.39 is 0 Å². The van der Waals surface area contributed by atoms with Crippen LogP contribution in [0.25, 0.3) is 5.69 Å². The lowest BCUT2D eigenvalue weighted by Gasteiger charge is -2.09. The van der Waals surface area contributed by atoms with E-state index in [9.17, 15) is 0 Å². The van der Waals surface area contributed by atoms with Crippen molar-refractivity contribution >= 4 is 17.3 Å². The molecule has 0 aliphatic heterocycles. The van der Waals surface area contributed by atoms with E-state index in [1.807, 2.05) is 25.1 Å². The SMILES string of the molecule is Cc1ccoc1CNc1cc(-n2cnnn2)ccc1Cl. The van der Waals surface area contributed by atoms with Crippen LogP contribution in [0.5, 0.6) is 0 Å². The predicted molar refractivity (Wildman–Crippen MR) is 74.9 cm³/mol. The van der Waals surface area contributed by atoms with E-state index in [-0.39, 0.29) is 0 Å². The van der Waals surface area contributed by atoms with Crippen molar-refractivity contribution in [3.8, 4) is 5.69 Å². The van der Waals surface area contributed by atoms with Crippen LogP contribution in [0.1, 0.15) is 11.3 Å². The summed E-state index contributed by atoms with van der Waals surface area (Å²) in [4.78, 5) is 0. The summed E-state index contributed by atoms with van der Waals surface area (Å²) in [5.74, 6) is 0.883. The molecule has 1 aromatic carbocycles. The molecule has 0 bridgehead atoms. The average molecular weight is 290 g/mol. The van der Waals surface area contributed by atoms with Crippen molar-refractivity contribution in [3.05, 3.63) is 53.2 Å². The maximum atomic E-state index is 6.18. The predicted octanol–water partition coefficient (Wildman–Crippen LogP) is 2.83. The zero-order chi connectivity index (χ0) is 13.9. The van der Waals surface area contributed by atoms with E-state index >= 15 is 0 Å². The van der Waals surface area contributed by atoms with E-state index in [4.69, 9.17) is 16.0 Å². The van der Waals surface area contributed by atoms with Gasteiger partial charge in [-0.2, -0.15) is 0 Å². The molecule has 20 heavy (non-hydrogen) atoms. The van der Waals surface area contributed by atoms with Gasteiger partial charge in [0.05, 0.1) is 29.2 Å². The van der Waals surface area contributed by atoms with Crippen molar-refractivity contribution in [2.75, 3.05) is 5.32 Å². The van der Waals surface area contributed by atoms with E-state index in [0.717, 1.165) is 22.7 Å². The second kappa shape index (κ2) is 5.34. The van der Waals surface area contributed by atoms with Gasteiger partial charge in [0.25, 0.3) is 0 Å². The number of hydrogen-bond donors (Lipinski definition) is 1. The molecule has 0 saturated heterocycles. The highest BCUT2D eigenvalue weighted by Crippen LogP contribution is 2.25. The van der Waals surface area contributed by atoms with Gasteiger partial charge >= 0.3 is 0 Å². The lowest BCUT2D eigenvalue weighted by atomic mass is 10.2. The molecule has 0 amide bonds. The molecule has 0 radical (unpaired) electrons. The lowest BCUT2D eigenvalue weighted by Crippen LogP contribution is -2.02. The quantitative estimate of drug-likeness (QED) is 0.800. The Labute approximate surface area is 120 Å². The number of benzene rings is 1. The maximum Gasteiger partial charge on any atom is 0.143 e. The Balaban J connectivity index is 1.82. The molecule has 0 spiro atoms. The van der Waals surface area contributed by atoms with E-state index in [1.165, 1.54) is 6.33 Å². The summed E-state index contributed by atoms with van der Waals surface area (Å²) in [6, 6.07) is 7.46. The van der Waals surface area contributed by atoms with Gasteiger partial charge in [-0.15, -0.1) is 5.10 Å². The molecule has 0 unspecified atom stereocenters. The van der Waals surface area contributed by atoms with Crippen LogP contribution in [-0.2, 0) is 6.54 Å². The molecule has 0 fully saturated rings. The zero-order valence-electron chi connectivity index (χ0n) is 10.7. The Kier molecular flexibility index (Phi) is 3.39. The van der Waals surface area contributed by atoms with Crippen molar-refractivity contribution in [2.45, 2.75) is 13.5 Å². The fourth-order valence-electron chi connectivity index (χ4n) is 1.83. The van der Waals surface area contributed by atoms with Crippen LogP contribution >= 0.6 is 11.6 Å². The maximum absolute atomic E-state index is 6.18. The number of halogens is 1. The molecule has 102 valence electrons. The normalized spacial score (nSPS) is 10.7. The Bertz CT molecular complexity index is 707. The summed E-state index contributed by atoms with van der Waals surface area (Å²) in [6.07, 6.45) is 3.20.